The molecule has 0 spiro atoms. The Balaban J connectivity index is 4.50. The highest BCUT2D eigenvalue weighted by molar-refractivity contribution is 5.83. The van der Waals surface area contributed by atoms with Crippen LogP contribution in [0.25, 0.3) is 0 Å². The van der Waals surface area contributed by atoms with Gasteiger partial charge in [0.1, 0.15) is 0 Å². The van der Waals surface area contributed by atoms with E-state index in [1.807, 2.05) is 0 Å². The summed E-state index contributed by atoms with van der Waals surface area (Å²) in [4.78, 5) is 10.8. The zero-order chi connectivity index (χ0) is 12.8. The van der Waals surface area contributed by atoms with Crippen LogP contribution in [-0.2, 0) is 9.53 Å². The fourth-order valence-corrected chi connectivity index (χ4v) is 0.733. The van der Waals surface area contributed by atoms with Crippen LogP contribution < -0.4 is 0 Å². The molecule has 0 fully saturated rings. The highest BCUT2D eigenvalue weighted by atomic mass is 19.3. The van der Waals surface area contributed by atoms with E-state index < -0.39 is 18.3 Å². The van der Waals surface area contributed by atoms with Crippen LogP contribution in [0.2, 0.25) is 0 Å². The van der Waals surface area contributed by atoms with Crippen LogP contribution in [0.3, 0.4) is 0 Å². The van der Waals surface area contributed by atoms with Crippen molar-refractivity contribution in [3.63, 3.8) is 0 Å². The van der Waals surface area contributed by atoms with Gasteiger partial charge in [0.25, 0.3) is 0 Å². The summed E-state index contributed by atoms with van der Waals surface area (Å²) in [6.45, 7) is 3.07. The van der Waals surface area contributed by atoms with Gasteiger partial charge in [0, 0.05) is 6.08 Å². The maximum absolute atomic E-state index is 12.4. The van der Waals surface area contributed by atoms with Crippen LogP contribution in [0, 0.1) is 0 Å². The Morgan fingerprint density at radius 3 is 2.44 bits per heavy atom. The summed E-state index contributed by atoms with van der Waals surface area (Å²) < 4.78 is 52.8. The van der Waals surface area contributed by atoms with Crippen molar-refractivity contribution in [3.05, 3.63) is 23.8 Å². The van der Waals surface area contributed by atoms with E-state index in [-0.39, 0.29) is 18.3 Å². The van der Waals surface area contributed by atoms with Crippen LogP contribution in [0.5, 0.6) is 0 Å². The molecule has 0 radical (unpaired) electrons. The molecule has 0 amide bonds. The third-order valence-corrected chi connectivity index (χ3v) is 1.49. The SMILES string of the molecule is CCOC(=O)C=C(C)C=CC(F)(F)C(F)F. The molecule has 0 bridgehead atoms. The zero-order valence-electron chi connectivity index (χ0n) is 8.84. The molecule has 0 aromatic heterocycles. The highest BCUT2D eigenvalue weighted by Gasteiger charge is 2.37. The number of rotatable bonds is 5. The largest absolute Gasteiger partial charge is 0.463 e. The lowest BCUT2D eigenvalue weighted by Gasteiger charge is -2.09. The predicted molar refractivity (Wildman–Crippen MR) is 50.5 cm³/mol. The van der Waals surface area contributed by atoms with Gasteiger partial charge in [-0.1, -0.05) is 6.08 Å². The summed E-state index contributed by atoms with van der Waals surface area (Å²) in [6.07, 6.45) is -2.01. The summed E-state index contributed by atoms with van der Waals surface area (Å²) in [7, 11) is 0. The van der Waals surface area contributed by atoms with Crippen LogP contribution in [0.1, 0.15) is 13.8 Å². The van der Waals surface area contributed by atoms with Gasteiger partial charge in [-0.15, -0.1) is 0 Å². The standard InChI is InChI=1S/C10H12F4O2/c1-3-16-8(15)6-7(2)4-5-10(13,14)9(11)12/h4-6,9H,3H2,1-2H3. The van der Waals surface area contributed by atoms with Gasteiger partial charge in [-0.25, -0.2) is 13.6 Å². The second-order valence-corrected chi connectivity index (χ2v) is 2.95. The van der Waals surface area contributed by atoms with Crippen molar-refractivity contribution >= 4 is 5.97 Å². The fourth-order valence-electron chi connectivity index (χ4n) is 0.733. The van der Waals surface area contributed by atoms with Crippen LogP contribution in [0.15, 0.2) is 23.8 Å². The fraction of sp³-hybridized carbons (Fsp3) is 0.500. The lowest BCUT2D eigenvalue weighted by atomic mass is 10.2. The zero-order valence-corrected chi connectivity index (χ0v) is 8.84. The molecule has 0 aliphatic carbocycles. The van der Waals surface area contributed by atoms with Crippen molar-refractivity contribution in [2.24, 2.45) is 0 Å². The first-order chi connectivity index (χ1) is 7.29. The number of halogens is 4. The molecule has 0 N–H and O–H groups in total. The molecular weight excluding hydrogens is 228 g/mol. The Kier molecular flexibility index (Phi) is 5.77. The predicted octanol–water partition coefficient (Wildman–Crippen LogP) is 2.95. The van der Waals surface area contributed by atoms with Gasteiger partial charge < -0.3 is 4.74 Å². The number of allylic oxidation sites excluding steroid dienone is 3. The second-order valence-electron chi connectivity index (χ2n) is 2.95. The monoisotopic (exact) mass is 240 g/mol. The lowest BCUT2D eigenvalue weighted by Crippen LogP contribution is -2.23. The first-order valence-electron chi connectivity index (χ1n) is 4.50. The molecule has 0 unspecified atom stereocenters. The summed E-state index contributed by atoms with van der Waals surface area (Å²) >= 11 is 0. The quantitative estimate of drug-likeness (QED) is 0.319. The Morgan fingerprint density at radius 2 is 2.00 bits per heavy atom. The summed E-state index contributed by atoms with van der Waals surface area (Å²) in [5, 5.41) is 0. The number of carbonyl (C=O) groups is 1. The average Bonchev–Trinajstić information content (AvgIpc) is 2.15. The van der Waals surface area contributed by atoms with E-state index in [4.69, 9.17) is 0 Å². The minimum Gasteiger partial charge on any atom is -0.463 e. The molecule has 0 saturated heterocycles. The molecule has 2 nitrogen and oxygen atoms in total. The van der Waals surface area contributed by atoms with Crippen molar-refractivity contribution in [2.75, 3.05) is 6.61 Å². The molecule has 0 saturated carbocycles. The summed E-state index contributed by atoms with van der Waals surface area (Å²) in [5.74, 6) is -4.89. The molecule has 0 aliphatic rings. The van der Waals surface area contributed by atoms with E-state index in [9.17, 15) is 22.4 Å². The number of esters is 1. The Morgan fingerprint density at radius 1 is 1.44 bits per heavy atom. The summed E-state index contributed by atoms with van der Waals surface area (Å²) in [6, 6.07) is 0. The lowest BCUT2D eigenvalue weighted by molar-refractivity contribution is -0.137. The van der Waals surface area contributed by atoms with Crippen molar-refractivity contribution in [2.45, 2.75) is 26.2 Å². The van der Waals surface area contributed by atoms with Gasteiger partial charge in [0.15, 0.2) is 0 Å². The van der Waals surface area contributed by atoms with Gasteiger partial charge in [-0.05, 0) is 25.5 Å². The van der Waals surface area contributed by atoms with E-state index >= 15 is 0 Å². The second kappa shape index (κ2) is 6.30. The molecule has 92 valence electrons. The molecule has 0 rings (SSSR count). The molecule has 0 heterocycles. The van der Waals surface area contributed by atoms with E-state index in [0.717, 1.165) is 12.2 Å². The van der Waals surface area contributed by atoms with Crippen molar-refractivity contribution in [1.29, 1.82) is 0 Å². The highest BCUT2D eigenvalue weighted by Crippen LogP contribution is 2.24. The first kappa shape index (κ1) is 14.7. The molecule has 6 heteroatoms. The van der Waals surface area contributed by atoms with Gasteiger partial charge in [0.2, 0.25) is 0 Å². The Hall–Kier alpha value is -1.33. The Bertz CT molecular complexity index is 295. The third kappa shape index (κ3) is 5.53. The topological polar surface area (TPSA) is 26.3 Å². The van der Waals surface area contributed by atoms with E-state index in [1.54, 1.807) is 6.92 Å². The minimum absolute atomic E-state index is 0.0583. The first-order valence-corrected chi connectivity index (χ1v) is 4.50. The number of carbonyl (C=O) groups excluding carboxylic acids is 1. The molecule has 0 aromatic rings. The number of hydrogen-bond acceptors (Lipinski definition) is 2. The van der Waals surface area contributed by atoms with Crippen molar-refractivity contribution in [1.82, 2.24) is 0 Å². The normalized spacial score (nSPS) is 13.6. The van der Waals surface area contributed by atoms with Crippen LogP contribution >= 0.6 is 0 Å². The van der Waals surface area contributed by atoms with E-state index in [2.05, 4.69) is 4.74 Å². The average molecular weight is 240 g/mol. The van der Waals surface area contributed by atoms with Gasteiger partial charge in [-0.2, -0.15) is 8.78 Å². The number of alkyl halides is 4. The molecular formula is C10H12F4O2. The molecule has 0 aromatic carbocycles. The Labute approximate surface area is 90.6 Å². The van der Waals surface area contributed by atoms with Gasteiger partial charge in [0.05, 0.1) is 6.61 Å². The van der Waals surface area contributed by atoms with Gasteiger partial charge in [-0.3, -0.25) is 0 Å². The molecule has 0 aliphatic heterocycles. The van der Waals surface area contributed by atoms with Crippen molar-refractivity contribution < 1.29 is 27.1 Å². The van der Waals surface area contributed by atoms with Gasteiger partial charge >= 0.3 is 18.3 Å². The van der Waals surface area contributed by atoms with E-state index in [1.165, 1.54) is 6.92 Å². The maximum Gasteiger partial charge on any atom is 0.330 e. The number of ether oxygens (including phenoxy) is 1. The maximum atomic E-state index is 12.4. The third-order valence-electron chi connectivity index (χ3n) is 1.49. The minimum atomic E-state index is -4.19. The van der Waals surface area contributed by atoms with Crippen LogP contribution in [-0.4, -0.2) is 24.9 Å². The smallest absolute Gasteiger partial charge is 0.330 e. The van der Waals surface area contributed by atoms with E-state index in [0.29, 0.717) is 0 Å². The summed E-state index contributed by atoms with van der Waals surface area (Å²) in [5.41, 5.74) is 0.110. The molecule has 16 heavy (non-hydrogen) atoms. The number of hydrogen-bond donors (Lipinski definition) is 0. The van der Waals surface area contributed by atoms with Crippen molar-refractivity contribution in [3.8, 4) is 0 Å². The molecule has 0 atom stereocenters. The van der Waals surface area contributed by atoms with Crippen LogP contribution in [0.4, 0.5) is 17.6 Å².